The summed E-state index contributed by atoms with van der Waals surface area (Å²) in [5.74, 6) is -0.982. The Morgan fingerprint density at radius 1 is 1.44 bits per heavy atom. The van der Waals surface area contributed by atoms with E-state index in [1.54, 1.807) is 0 Å². The van der Waals surface area contributed by atoms with Gasteiger partial charge in [-0.3, -0.25) is 4.79 Å². The lowest BCUT2D eigenvalue weighted by Crippen LogP contribution is -2.62. The standard InChI is InChI=1S/C13H17NO2/c1-2-11(12(15)16)13(8-14-9-13)10-6-4-3-5-7-10/h3-7,11,14H,2,8-9H2,1H3,(H,15,16). The van der Waals surface area contributed by atoms with Crippen LogP contribution in [0.25, 0.3) is 0 Å². The highest BCUT2D eigenvalue weighted by Crippen LogP contribution is 2.38. The Morgan fingerprint density at radius 3 is 2.44 bits per heavy atom. The molecule has 0 aromatic heterocycles. The molecule has 1 fully saturated rings. The van der Waals surface area contributed by atoms with Gasteiger partial charge in [0.2, 0.25) is 0 Å². The molecule has 1 saturated heterocycles. The van der Waals surface area contributed by atoms with Crippen molar-refractivity contribution in [2.24, 2.45) is 5.92 Å². The minimum Gasteiger partial charge on any atom is -0.481 e. The normalized spacial score (nSPS) is 19.8. The van der Waals surface area contributed by atoms with Crippen LogP contribution in [0.5, 0.6) is 0 Å². The van der Waals surface area contributed by atoms with Crippen molar-refractivity contribution in [3.8, 4) is 0 Å². The Labute approximate surface area is 95.5 Å². The number of hydrogen-bond donors (Lipinski definition) is 2. The largest absolute Gasteiger partial charge is 0.481 e. The van der Waals surface area contributed by atoms with Crippen molar-refractivity contribution in [1.82, 2.24) is 5.32 Å². The summed E-state index contributed by atoms with van der Waals surface area (Å²) in [7, 11) is 0. The summed E-state index contributed by atoms with van der Waals surface area (Å²) in [5.41, 5.74) is 0.935. The molecule has 86 valence electrons. The molecule has 0 saturated carbocycles. The van der Waals surface area contributed by atoms with Gasteiger partial charge in [-0.1, -0.05) is 37.3 Å². The van der Waals surface area contributed by atoms with E-state index in [1.807, 2.05) is 37.3 Å². The molecule has 2 rings (SSSR count). The second-order valence-electron chi connectivity index (χ2n) is 4.42. The van der Waals surface area contributed by atoms with Gasteiger partial charge in [-0.2, -0.15) is 0 Å². The predicted molar refractivity (Wildman–Crippen MR) is 62.4 cm³/mol. The van der Waals surface area contributed by atoms with Crippen LogP contribution in [-0.2, 0) is 10.2 Å². The number of benzene rings is 1. The summed E-state index contributed by atoms with van der Waals surface area (Å²) < 4.78 is 0. The molecule has 1 aromatic rings. The summed E-state index contributed by atoms with van der Waals surface area (Å²) in [6.07, 6.45) is 0.673. The summed E-state index contributed by atoms with van der Waals surface area (Å²) >= 11 is 0. The highest BCUT2D eigenvalue weighted by Gasteiger charge is 2.47. The van der Waals surface area contributed by atoms with Crippen LogP contribution in [0.2, 0.25) is 0 Å². The van der Waals surface area contributed by atoms with Crippen molar-refractivity contribution < 1.29 is 9.90 Å². The summed E-state index contributed by atoms with van der Waals surface area (Å²) in [4.78, 5) is 11.3. The number of carboxylic acids is 1. The Hall–Kier alpha value is -1.35. The molecule has 1 heterocycles. The minimum absolute atomic E-state index is 0.207. The average Bonchev–Trinajstić information content (AvgIpc) is 2.23. The zero-order chi connectivity index (χ0) is 11.6. The average molecular weight is 219 g/mol. The molecule has 16 heavy (non-hydrogen) atoms. The van der Waals surface area contributed by atoms with Gasteiger partial charge in [-0.15, -0.1) is 0 Å². The van der Waals surface area contributed by atoms with Crippen LogP contribution >= 0.6 is 0 Å². The van der Waals surface area contributed by atoms with Gasteiger partial charge in [-0.05, 0) is 12.0 Å². The molecule has 2 N–H and O–H groups in total. The van der Waals surface area contributed by atoms with Crippen molar-refractivity contribution in [2.45, 2.75) is 18.8 Å². The van der Waals surface area contributed by atoms with Gasteiger partial charge >= 0.3 is 5.97 Å². The van der Waals surface area contributed by atoms with E-state index in [1.165, 1.54) is 0 Å². The van der Waals surface area contributed by atoms with Crippen molar-refractivity contribution in [2.75, 3.05) is 13.1 Å². The van der Waals surface area contributed by atoms with Gasteiger partial charge in [0.15, 0.2) is 0 Å². The molecule has 0 amide bonds. The quantitative estimate of drug-likeness (QED) is 0.809. The fourth-order valence-corrected chi connectivity index (χ4v) is 2.62. The fourth-order valence-electron chi connectivity index (χ4n) is 2.62. The number of carbonyl (C=O) groups is 1. The van der Waals surface area contributed by atoms with Gasteiger partial charge in [0, 0.05) is 18.5 Å². The molecule has 0 bridgehead atoms. The lowest BCUT2D eigenvalue weighted by molar-refractivity contribution is -0.145. The summed E-state index contributed by atoms with van der Waals surface area (Å²) in [6.45, 7) is 3.48. The van der Waals surface area contributed by atoms with Gasteiger partial charge in [-0.25, -0.2) is 0 Å². The van der Waals surface area contributed by atoms with Crippen LogP contribution < -0.4 is 5.32 Å². The number of nitrogens with one attached hydrogen (secondary N) is 1. The van der Waals surface area contributed by atoms with Crippen LogP contribution in [0.1, 0.15) is 18.9 Å². The highest BCUT2D eigenvalue weighted by molar-refractivity contribution is 5.73. The predicted octanol–water partition coefficient (Wildman–Crippen LogP) is 1.64. The minimum atomic E-state index is -0.687. The maximum absolute atomic E-state index is 11.3. The van der Waals surface area contributed by atoms with Gasteiger partial charge in [0.25, 0.3) is 0 Å². The van der Waals surface area contributed by atoms with Crippen molar-refractivity contribution >= 4 is 5.97 Å². The third-order valence-electron chi connectivity index (χ3n) is 3.60. The van der Waals surface area contributed by atoms with Crippen molar-refractivity contribution in [1.29, 1.82) is 0 Å². The third-order valence-corrected chi connectivity index (χ3v) is 3.60. The van der Waals surface area contributed by atoms with Crippen molar-refractivity contribution in [3.63, 3.8) is 0 Å². The second-order valence-corrected chi connectivity index (χ2v) is 4.42. The number of hydrogen-bond acceptors (Lipinski definition) is 2. The molecule has 1 aromatic carbocycles. The zero-order valence-corrected chi connectivity index (χ0v) is 9.44. The molecular formula is C13H17NO2. The lowest BCUT2D eigenvalue weighted by Gasteiger charge is -2.47. The topological polar surface area (TPSA) is 49.3 Å². The maximum atomic E-state index is 11.3. The Kier molecular flexibility index (Phi) is 2.97. The lowest BCUT2D eigenvalue weighted by atomic mass is 9.65. The highest BCUT2D eigenvalue weighted by atomic mass is 16.4. The van der Waals surface area contributed by atoms with E-state index in [0.29, 0.717) is 6.42 Å². The molecule has 1 aliphatic heterocycles. The molecule has 1 unspecified atom stereocenters. The van der Waals surface area contributed by atoms with E-state index in [2.05, 4.69) is 5.32 Å². The van der Waals surface area contributed by atoms with Gasteiger partial charge < -0.3 is 10.4 Å². The number of aliphatic carboxylic acids is 1. The monoisotopic (exact) mass is 219 g/mol. The first kappa shape index (κ1) is 11.1. The van der Waals surface area contributed by atoms with Crippen LogP contribution in [0.15, 0.2) is 30.3 Å². The van der Waals surface area contributed by atoms with Crippen LogP contribution in [0.3, 0.4) is 0 Å². The third kappa shape index (κ3) is 1.61. The Bertz CT molecular complexity index is 371. The summed E-state index contributed by atoms with van der Waals surface area (Å²) in [5, 5.41) is 12.5. The van der Waals surface area contributed by atoms with Gasteiger partial charge in [0.1, 0.15) is 0 Å². The Morgan fingerprint density at radius 2 is 2.06 bits per heavy atom. The van der Waals surface area contributed by atoms with Crippen molar-refractivity contribution in [3.05, 3.63) is 35.9 Å². The number of rotatable bonds is 4. The molecule has 3 nitrogen and oxygen atoms in total. The maximum Gasteiger partial charge on any atom is 0.307 e. The van der Waals surface area contributed by atoms with E-state index < -0.39 is 5.97 Å². The van der Waals surface area contributed by atoms with E-state index in [0.717, 1.165) is 18.7 Å². The van der Waals surface area contributed by atoms with Crippen LogP contribution in [0, 0.1) is 5.92 Å². The SMILES string of the molecule is CCC(C(=O)O)C1(c2ccccc2)CNC1. The molecule has 3 heteroatoms. The zero-order valence-electron chi connectivity index (χ0n) is 9.44. The van der Waals surface area contributed by atoms with Crippen LogP contribution in [0.4, 0.5) is 0 Å². The molecule has 1 atom stereocenters. The van der Waals surface area contributed by atoms with E-state index in [4.69, 9.17) is 0 Å². The van der Waals surface area contributed by atoms with Crippen LogP contribution in [-0.4, -0.2) is 24.2 Å². The first-order valence-electron chi connectivity index (χ1n) is 5.70. The Balaban J connectivity index is 2.36. The van der Waals surface area contributed by atoms with E-state index >= 15 is 0 Å². The van der Waals surface area contributed by atoms with E-state index in [9.17, 15) is 9.90 Å². The molecule has 0 spiro atoms. The van der Waals surface area contributed by atoms with E-state index in [-0.39, 0.29) is 11.3 Å². The number of carboxylic acid groups (broad SMARTS) is 1. The molecule has 0 radical (unpaired) electrons. The first-order chi connectivity index (χ1) is 7.70. The molecule has 1 aliphatic rings. The smallest absolute Gasteiger partial charge is 0.307 e. The van der Waals surface area contributed by atoms with Gasteiger partial charge in [0.05, 0.1) is 5.92 Å². The molecule has 0 aliphatic carbocycles. The molecular weight excluding hydrogens is 202 g/mol. The summed E-state index contributed by atoms with van der Waals surface area (Å²) in [6, 6.07) is 9.98. The first-order valence-corrected chi connectivity index (χ1v) is 5.70. The fraction of sp³-hybridized carbons (Fsp3) is 0.462. The second kappa shape index (κ2) is 4.26.